The van der Waals surface area contributed by atoms with Crippen molar-refractivity contribution in [1.82, 2.24) is 4.90 Å². The zero-order chi connectivity index (χ0) is 16.7. The average Bonchev–Trinajstić information content (AvgIpc) is 2.58. The number of hydrogen-bond acceptors (Lipinski definition) is 4. The van der Waals surface area contributed by atoms with Crippen LogP contribution in [0.15, 0.2) is 28.7 Å². The van der Waals surface area contributed by atoms with E-state index in [1.54, 1.807) is 4.90 Å². The van der Waals surface area contributed by atoms with Gasteiger partial charge < -0.3 is 15.0 Å². The van der Waals surface area contributed by atoms with Gasteiger partial charge in [-0.25, -0.2) is 4.79 Å². The summed E-state index contributed by atoms with van der Waals surface area (Å²) < 4.78 is 6.23. The van der Waals surface area contributed by atoms with E-state index >= 15 is 0 Å². The average molecular weight is 380 g/mol. The minimum absolute atomic E-state index is 0.270. The molecule has 5 nitrogen and oxygen atoms in total. The quantitative estimate of drug-likeness (QED) is 0.780. The van der Waals surface area contributed by atoms with E-state index in [0.29, 0.717) is 32.5 Å². The third-order valence-corrected chi connectivity index (χ3v) is 4.57. The number of anilines is 1. The van der Waals surface area contributed by atoms with Gasteiger partial charge in [-0.05, 0) is 30.7 Å². The van der Waals surface area contributed by atoms with Crippen LogP contribution in [0.4, 0.5) is 10.5 Å². The smallest absolute Gasteiger partial charge is 0.409 e. The lowest BCUT2D eigenvalue weighted by Gasteiger charge is -2.37. The molecule has 0 aromatic heterocycles. The lowest BCUT2D eigenvalue weighted by atomic mass is 9.89. The summed E-state index contributed by atoms with van der Waals surface area (Å²) in [4.78, 5) is 13.7. The highest BCUT2D eigenvalue weighted by atomic mass is 79.9. The van der Waals surface area contributed by atoms with E-state index in [1.807, 2.05) is 24.3 Å². The third-order valence-electron chi connectivity index (χ3n) is 4.04. The molecule has 0 atom stereocenters. The maximum atomic E-state index is 12.0. The molecule has 1 heterocycles. The zero-order valence-corrected chi connectivity index (χ0v) is 14.9. The summed E-state index contributed by atoms with van der Waals surface area (Å²) in [6, 6.07) is 10.1. The van der Waals surface area contributed by atoms with E-state index in [-0.39, 0.29) is 6.09 Å². The van der Waals surface area contributed by atoms with E-state index in [1.165, 1.54) is 0 Å². The number of amides is 1. The van der Waals surface area contributed by atoms with Gasteiger partial charge in [-0.1, -0.05) is 29.3 Å². The summed E-state index contributed by atoms with van der Waals surface area (Å²) >= 11 is 3.40. The fraction of sp³-hybridized carbons (Fsp3) is 0.529. The largest absolute Gasteiger partial charge is 0.449 e. The Labute approximate surface area is 145 Å². The number of ether oxygens (including phenoxy) is 1. The number of benzene rings is 1. The highest BCUT2D eigenvalue weighted by Crippen LogP contribution is 2.27. The van der Waals surface area contributed by atoms with Crippen LogP contribution in [0, 0.1) is 11.3 Å². The van der Waals surface area contributed by atoms with Gasteiger partial charge in [0, 0.05) is 36.1 Å². The molecule has 0 bridgehead atoms. The number of unbranched alkanes of at least 4 members (excludes halogenated alkanes) is 1. The number of halogens is 1. The lowest BCUT2D eigenvalue weighted by molar-refractivity contribution is 0.0891. The van der Waals surface area contributed by atoms with Gasteiger partial charge in [0.1, 0.15) is 5.54 Å². The van der Waals surface area contributed by atoms with Crippen LogP contribution < -0.4 is 5.32 Å². The second-order valence-corrected chi connectivity index (χ2v) is 6.70. The van der Waals surface area contributed by atoms with Crippen LogP contribution >= 0.6 is 15.9 Å². The van der Waals surface area contributed by atoms with Crippen LogP contribution in [-0.4, -0.2) is 36.2 Å². The van der Waals surface area contributed by atoms with Gasteiger partial charge in [0.25, 0.3) is 0 Å². The number of rotatable bonds is 5. The number of nitrogens with one attached hydrogen (secondary N) is 1. The molecular formula is C17H22BrN3O2. The molecule has 0 saturated carbocycles. The van der Waals surface area contributed by atoms with Gasteiger partial charge in [0.2, 0.25) is 0 Å². The van der Waals surface area contributed by atoms with Crippen molar-refractivity contribution in [2.24, 2.45) is 0 Å². The Bertz CT molecular complexity index is 560. The number of likely N-dealkylation sites (tertiary alicyclic amines) is 1. The summed E-state index contributed by atoms with van der Waals surface area (Å²) in [5, 5.41) is 12.9. The van der Waals surface area contributed by atoms with Crippen molar-refractivity contribution in [3.63, 3.8) is 0 Å². The molecule has 1 amide bonds. The third kappa shape index (κ3) is 4.87. The lowest BCUT2D eigenvalue weighted by Crippen LogP contribution is -2.50. The van der Waals surface area contributed by atoms with Crippen molar-refractivity contribution in [2.75, 3.05) is 25.0 Å². The van der Waals surface area contributed by atoms with Gasteiger partial charge in [0.15, 0.2) is 0 Å². The van der Waals surface area contributed by atoms with Crippen molar-refractivity contribution >= 4 is 27.7 Å². The van der Waals surface area contributed by atoms with Crippen LogP contribution in [0.5, 0.6) is 0 Å². The van der Waals surface area contributed by atoms with Crippen LogP contribution in [0.1, 0.15) is 32.6 Å². The summed E-state index contributed by atoms with van der Waals surface area (Å²) in [6.45, 7) is 3.58. The van der Waals surface area contributed by atoms with Gasteiger partial charge in [-0.3, -0.25) is 0 Å². The van der Waals surface area contributed by atoms with E-state index in [0.717, 1.165) is 23.0 Å². The Morgan fingerprint density at radius 2 is 2.04 bits per heavy atom. The summed E-state index contributed by atoms with van der Waals surface area (Å²) in [5.41, 5.74) is 0.280. The van der Waals surface area contributed by atoms with E-state index in [2.05, 4.69) is 34.2 Å². The van der Waals surface area contributed by atoms with Gasteiger partial charge in [0.05, 0.1) is 12.7 Å². The molecular weight excluding hydrogens is 358 g/mol. The number of piperidine rings is 1. The molecule has 1 N–H and O–H groups in total. The van der Waals surface area contributed by atoms with Crippen molar-refractivity contribution in [3.05, 3.63) is 28.7 Å². The van der Waals surface area contributed by atoms with E-state index < -0.39 is 5.54 Å². The molecule has 1 aromatic carbocycles. The Hall–Kier alpha value is -1.74. The van der Waals surface area contributed by atoms with Crippen molar-refractivity contribution in [1.29, 1.82) is 5.26 Å². The van der Waals surface area contributed by atoms with Crippen molar-refractivity contribution < 1.29 is 9.53 Å². The second kappa shape index (κ2) is 8.21. The molecule has 124 valence electrons. The van der Waals surface area contributed by atoms with E-state index in [4.69, 9.17) is 4.74 Å². The fourth-order valence-corrected chi connectivity index (χ4v) is 2.80. The van der Waals surface area contributed by atoms with E-state index in [9.17, 15) is 10.1 Å². The minimum atomic E-state index is -0.631. The van der Waals surface area contributed by atoms with Gasteiger partial charge in [-0.15, -0.1) is 0 Å². The molecule has 0 aliphatic carbocycles. The highest BCUT2D eigenvalue weighted by molar-refractivity contribution is 9.10. The summed E-state index contributed by atoms with van der Waals surface area (Å²) in [6.07, 6.45) is 2.79. The van der Waals surface area contributed by atoms with Crippen LogP contribution in [0.25, 0.3) is 0 Å². The molecule has 0 unspecified atom stereocenters. The summed E-state index contributed by atoms with van der Waals surface area (Å²) in [7, 11) is 0. The van der Waals surface area contributed by atoms with Gasteiger partial charge >= 0.3 is 6.09 Å². The van der Waals surface area contributed by atoms with Gasteiger partial charge in [-0.2, -0.15) is 5.26 Å². The molecule has 1 aromatic rings. The SMILES string of the molecule is CCCCOC(=O)N1CCC(C#N)(Nc2ccc(Br)cc2)CC1. The predicted molar refractivity (Wildman–Crippen MR) is 93.2 cm³/mol. The van der Waals surface area contributed by atoms with Crippen molar-refractivity contribution in [2.45, 2.75) is 38.1 Å². The first-order chi connectivity index (χ1) is 11.1. The molecule has 2 rings (SSSR count). The van der Waals surface area contributed by atoms with Crippen LogP contribution in [-0.2, 0) is 4.74 Å². The zero-order valence-electron chi connectivity index (χ0n) is 13.3. The fourth-order valence-electron chi connectivity index (χ4n) is 2.54. The molecule has 0 spiro atoms. The second-order valence-electron chi connectivity index (χ2n) is 5.78. The number of nitrogens with zero attached hydrogens (tertiary/aromatic N) is 2. The Morgan fingerprint density at radius 3 is 2.61 bits per heavy atom. The number of hydrogen-bond donors (Lipinski definition) is 1. The minimum Gasteiger partial charge on any atom is -0.449 e. The Kier molecular flexibility index (Phi) is 6.28. The first-order valence-corrected chi connectivity index (χ1v) is 8.74. The first kappa shape index (κ1) is 17.6. The number of carbonyl (C=O) groups excluding carboxylic acids is 1. The van der Waals surface area contributed by atoms with Crippen LogP contribution in [0.3, 0.4) is 0 Å². The molecule has 23 heavy (non-hydrogen) atoms. The number of nitriles is 1. The molecule has 1 fully saturated rings. The Balaban J connectivity index is 1.90. The first-order valence-electron chi connectivity index (χ1n) is 7.95. The topological polar surface area (TPSA) is 65.4 Å². The normalized spacial score (nSPS) is 16.5. The van der Waals surface area contributed by atoms with Crippen molar-refractivity contribution in [3.8, 4) is 6.07 Å². The maximum absolute atomic E-state index is 12.0. The molecule has 1 saturated heterocycles. The molecule has 6 heteroatoms. The summed E-state index contributed by atoms with van der Waals surface area (Å²) in [5.74, 6) is 0. The standard InChI is InChI=1S/C17H22BrN3O2/c1-2-3-12-23-16(22)21-10-8-17(13-19,9-11-21)20-15-6-4-14(18)5-7-15/h4-7,20H,2-3,8-12H2,1H3. The monoisotopic (exact) mass is 379 g/mol. The Morgan fingerprint density at radius 1 is 1.39 bits per heavy atom. The molecule has 1 aliphatic heterocycles. The maximum Gasteiger partial charge on any atom is 0.409 e. The molecule has 1 aliphatic rings. The number of carbonyl (C=O) groups is 1. The molecule has 0 radical (unpaired) electrons. The highest BCUT2D eigenvalue weighted by Gasteiger charge is 2.36. The van der Waals surface area contributed by atoms with Crippen LogP contribution in [0.2, 0.25) is 0 Å². The predicted octanol–water partition coefficient (Wildman–Crippen LogP) is 4.16.